The van der Waals surface area contributed by atoms with Gasteiger partial charge in [0.2, 0.25) is 17.7 Å². The molecule has 12 heteroatoms. The van der Waals surface area contributed by atoms with E-state index in [1.165, 1.54) is 6.92 Å². The molecule has 0 saturated carbocycles. The number of aliphatic hydroxyl groups excluding tert-OH is 1. The Morgan fingerprint density at radius 1 is 0.912 bits per heavy atom. The number of hydrogen-bond donors (Lipinski definition) is 5. The molecular weight excluding hydrogens is 465 g/mol. The molecule has 0 heterocycles. The molecule has 0 aliphatic rings. The van der Waals surface area contributed by atoms with E-state index in [0.717, 1.165) is 0 Å². The monoisotopic (exact) mass is 509 g/mol. The van der Waals surface area contributed by atoms with Crippen molar-refractivity contribution >= 4 is 25.5 Å². The number of aliphatic hydroxyl groups is 1. The van der Waals surface area contributed by atoms with Crippen molar-refractivity contribution in [2.45, 2.75) is 85.3 Å². The zero-order valence-electron chi connectivity index (χ0n) is 21.2. The molecule has 34 heavy (non-hydrogen) atoms. The number of carbonyl (C=O) groups is 3. The lowest BCUT2D eigenvalue weighted by molar-refractivity contribution is -0.130. The lowest BCUT2D eigenvalue weighted by Crippen LogP contribution is -2.48. The molecule has 0 spiro atoms. The van der Waals surface area contributed by atoms with Crippen LogP contribution in [0.15, 0.2) is 0 Å². The van der Waals surface area contributed by atoms with Gasteiger partial charge >= 0.3 is 7.82 Å². The van der Waals surface area contributed by atoms with Crippen LogP contribution in [0.3, 0.4) is 0 Å². The fourth-order valence-electron chi connectivity index (χ4n) is 2.96. The Hall–Kier alpha value is -1.52. The van der Waals surface area contributed by atoms with Gasteiger partial charge in [0.05, 0.1) is 12.7 Å². The van der Waals surface area contributed by atoms with E-state index in [4.69, 9.17) is 9.05 Å². The minimum Gasteiger partial charge on any atom is -0.396 e. The van der Waals surface area contributed by atoms with Crippen LogP contribution in [-0.4, -0.2) is 66.2 Å². The van der Waals surface area contributed by atoms with Gasteiger partial charge in [0.25, 0.3) is 0 Å². The van der Waals surface area contributed by atoms with Crippen LogP contribution < -0.4 is 16.0 Å². The van der Waals surface area contributed by atoms with Crippen molar-refractivity contribution in [2.75, 3.05) is 26.3 Å². The Morgan fingerprint density at radius 2 is 1.50 bits per heavy atom. The van der Waals surface area contributed by atoms with Crippen molar-refractivity contribution in [1.29, 1.82) is 0 Å². The summed E-state index contributed by atoms with van der Waals surface area (Å²) in [5.74, 6) is -1.13. The first-order chi connectivity index (χ1) is 15.9. The molecule has 3 atom stereocenters. The molecule has 0 aliphatic carbocycles. The highest BCUT2D eigenvalue weighted by Gasteiger charge is 2.25. The number of nitrogens with one attached hydrogen (secondary N) is 3. The third kappa shape index (κ3) is 17.0. The maximum Gasteiger partial charge on any atom is 0.472 e. The van der Waals surface area contributed by atoms with Crippen LogP contribution in [0.2, 0.25) is 0 Å². The van der Waals surface area contributed by atoms with Gasteiger partial charge in [-0.1, -0.05) is 20.3 Å². The molecule has 11 nitrogen and oxygen atoms in total. The molecule has 2 unspecified atom stereocenters. The zero-order valence-corrected chi connectivity index (χ0v) is 22.1. The van der Waals surface area contributed by atoms with Crippen molar-refractivity contribution in [3.05, 3.63) is 0 Å². The maximum atomic E-state index is 12.6. The number of amides is 3. The molecule has 0 aromatic rings. The summed E-state index contributed by atoms with van der Waals surface area (Å²) in [5.41, 5.74) is 0. The number of carbonyl (C=O) groups excluding carboxylic acids is 3. The molecule has 0 radical (unpaired) electrons. The van der Waals surface area contributed by atoms with E-state index in [2.05, 4.69) is 16.0 Å². The average molecular weight is 510 g/mol. The quantitative estimate of drug-likeness (QED) is 0.130. The molecule has 3 amide bonds. The molecule has 0 fully saturated rings. The minimum atomic E-state index is -4.15. The fraction of sp³-hybridized carbons (Fsp3) is 0.864. The van der Waals surface area contributed by atoms with E-state index in [1.54, 1.807) is 27.7 Å². The molecule has 0 aliphatic heterocycles. The third-order valence-corrected chi connectivity index (χ3v) is 6.03. The van der Waals surface area contributed by atoms with Crippen LogP contribution in [0.5, 0.6) is 0 Å². The topological polar surface area (TPSA) is 163 Å². The predicted molar refractivity (Wildman–Crippen MR) is 129 cm³/mol. The van der Waals surface area contributed by atoms with Gasteiger partial charge < -0.3 is 26.0 Å². The number of phosphoric ester groups is 1. The van der Waals surface area contributed by atoms with Crippen LogP contribution in [0.25, 0.3) is 0 Å². The van der Waals surface area contributed by atoms with Gasteiger partial charge in [0.15, 0.2) is 0 Å². The second-order valence-corrected chi connectivity index (χ2v) is 10.4. The lowest BCUT2D eigenvalue weighted by Gasteiger charge is -2.20. The van der Waals surface area contributed by atoms with Crippen LogP contribution in [0.1, 0.15) is 73.1 Å². The van der Waals surface area contributed by atoms with Gasteiger partial charge in [-0.25, -0.2) is 4.57 Å². The second-order valence-electron chi connectivity index (χ2n) is 8.95. The Bertz CT molecular complexity index is 660. The van der Waals surface area contributed by atoms with Gasteiger partial charge in [-0.15, -0.1) is 0 Å². The molecule has 200 valence electrons. The van der Waals surface area contributed by atoms with Crippen LogP contribution in [0.4, 0.5) is 0 Å². The van der Waals surface area contributed by atoms with Crippen LogP contribution >= 0.6 is 7.82 Å². The summed E-state index contributed by atoms with van der Waals surface area (Å²) in [6, 6.07) is -0.648. The molecule has 0 aromatic carbocycles. The first kappa shape index (κ1) is 32.5. The highest BCUT2D eigenvalue weighted by molar-refractivity contribution is 7.47. The molecule has 0 saturated heterocycles. The first-order valence-electron chi connectivity index (χ1n) is 12.0. The summed E-state index contributed by atoms with van der Waals surface area (Å²) in [6.07, 6.45) is 3.22. The molecule has 0 rings (SSSR count). The van der Waals surface area contributed by atoms with Gasteiger partial charge in [0, 0.05) is 38.5 Å². The van der Waals surface area contributed by atoms with E-state index in [1.807, 2.05) is 0 Å². The Kier molecular flexibility index (Phi) is 17.0. The van der Waals surface area contributed by atoms with Crippen molar-refractivity contribution in [3.63, 3.8) is 0 Å². The van der Waals surface area contributed by atoms with E-state index in [0.29, 0.717) is 51.6 Å². The fourth-order valence-corrected chi connectivity index (χ4v) is 3.95. The Labute approximate surface area is 203 Å². The van der Waals surface area contributed by atoms with E-state index < -0.39 is 20.0 Å². The largest absolute Gasteiger partial charge is 0.472 e. The normalized spacial score (nSPS) is 15.0. The zero-order chi connectivity index (χ0) is 26.1. The Morgan fingerprint density at radius 3 is 2.03 bits per heavy atom. The van der Waals surface area contributed by atoms with Gasteiger partial charge in [-0.3, -0.25) is 23.4 Å². The van der Waals surface area contributed by atoms with Crippen molar-refractivity contribution < 1.29 is 38.0 Å². The van der Waals surface area contributed by atoms with Crippen molar-refractivity contribution in [1.82, 2.24) is 16.0 Å². The van der Waals surface area contributed by atoms with Crippen molar-refractivity contribution in [2.24, 2.45) is 11.8 Å². The third-order valence-electron chi connectivity index (χ3n) is 4.86. The first-order valence-corrected chi connectivity index (χ1v) is 13.5. The number of unbranched alkanes of at least 4 members (excludes halogenated alkanes) is 2. The molecular formula is C22H44N3O8P. The maximum absolute atomic E-state index is 12.6. The summed E-state index contributed by atoms with van der Waals surface area (Å²) in [4.78, 5) is 45.2. The smallest absolute Gasteiger partial charge is 0.396 e. The van der Waals surface area contributed by atoms with Gasteiger partial charge in [-0.2, -0.15) is 0 Å². The second kappa shape index (κ2) is 17.8. The van der Waals surface area contributed by atoms with E-state index >= 15 is 0 Å². The summed E-state index contributed by atoms with van der Waals surface area (Å²) in [7, 11) is -4.15. The highest BCUT2D eigenvalue weighted by atomic mass is 31.2. The molecule has 5 N–H and O–H groups in total. The number of phosphoric acid groups is 1. The minimum absolute atomic E-state index is 0.105. The predicted octanol–water partition coefficient (Wildman–Crippen LogP) is 1.87. The lowest BCUT2D eigenvalue weighted by atomic mass is 10.0. The van der Waals surface area contributed by atoms with Crippen LogP contribution in [-0.2, 0) is 28.0 Å². The Balaban J connectivity index is 4.41. The summed E-state index contributed by atoms with van der Waals surface area (Å²) < 4.78 is 21.5. The standard InChI is InChI=1S/C22H44N3O8P/c1-16(2)21(28)25-20(11-7-9-12-23-18(5)27)22(29)24-13-8-6-10-19(14-26)15-32-34(30,31)33-17(3)4/h16-17,19-20,26H,6-15H2,1-5H3,(H,23,27)(H,24,29)(H,25,28)(H,30,31)/t19?,20-/m0/s1. The highest BCUT2D eigenvalue weighted by Crippen LogP contribution is 2.44. The van der Waals surface area contributed by atoms with E-state index in [9.17, 15) is 28.9 Å². The number of rotatable bonds is 19. The van der Waals surface area contributed by atoms with E-state index in [-0.39, 0.29) is 42.8 Å². The summed E-state index contributed by atoms with van der Waals surface area (Å²) in [6.45, 7) is 8.81. The SMILES string of the molecule is CC(=O)NCCCC[C@H](NC(=O)C(C)C)C(=O)NCCCCC(CO)COP(=O)(O)OC(C)C. The van der Waals surface area contributed by atoms with Gasteiger partial charge in [-0.05, 0) is 46.0 Å². The average Bonchev–Trinajstić information content (AvgIpc) is 2.72. The van der Waals surface area contributed by atoms with Crippen molar-refractivity contribution in [3.8, 4) is 0 Å². The summed E-state index contributed by atoms with van der Waals surface area (Å²) >= 11 is 0. The summed E-state index contributed by atoms with van der Waals surface area (Å²) in [5, 5.41) is 17.8. The molecule has 0 bridgehead atoms. The van der Waals surface area contributed by atoms with Gasteiger partial charge in [0.1, 0.15) is 6.04 Å². The van der Waals surface area contributed by atoms with Crippen LogP contribution in [0, 0.1) is 11.8 Å². The number of hydrogen-bond acceptors (Lipinski definition) is 7. The molecule has 0 aromatic heterocycles.